The molecular formula is C12H29NO6Si. The first-order valence-corrected chi connectivity index (χ1v) is 8.93. The van der Waals surface area contributed by atoms with Crippen LogP contribution < -0.4 is 5.73 Å². The van der Waals surface area contributed by atoms with Gasteiger partial charge >= 0.3 is 15.0 Å². The molecule has 0 aromatic heterocycles. The van der Waals surface area contributed by atoms with Gasteiger partial charge in [-0.3, -0.25) is 4.43 Å². The van der Waals surface area contributed by atoms with E-state index in [1.54, 1.807) is 14.2 Å². The van der Waals surface area contributed by atoms with Crippen LogP contribution in [0.2, 0.25) is 6.04 Å². The van der Waals surface area contributed by atoms with Gasteiger partial charge in [0.2, 0.25) is 0 Å². The molecule has 0 aliphatic carbocycles. The summed E-state index contributed by atoms with van der Waals surface area (Å²) in [5, 5.41) is 0. The van der Waals surface area contributed by atoms with E-state index in [0.29, 0.717) is 38.8 Å². The standard InChI is InChI=1S/C12H29NO6Si/c1-6-16-12(17-7-2,18-8-3)19-20(14-4,15-5)11-9-10-13/h6-11,13H2,1-5H3. The van der Waals surface area contributed by atoms with Crippen LogP contribution in [0.3, 0.4) is 0 Å². The third-order valence-corrected chi connectivity index (χ3v) is 5.32. The van der Waals surface area contributed by atoms with Crippen molar-refractivity contribution >= 4 is 8.80 Å². The van der Waals surface area contributed by atoms with E-state index in [1.807, 2.05) is 20.8 Å². The predicted octanol–water partition coefficient (Wildman–Crippen LogP) is 1.30. The number of nitrogens with two attached hydrogens (primary N) is 1. The van der Waals surface area contributed by atoms with Crippen LogP contribution in [0.25, 0.3) is 0 Å². The number of hydrogen-bond donors (Lipinski definition) is 1. The van der Waals surface area contributed by atoms with Crippen molar-refractivity contribution in [3.05, 3.63) is 0 Å². The summed E-state index contributed by atoms with van der Waals surface area (Å²) in [5.74, 6) is 0. The zero-order chi connectivity index (χ0) is 15.5. The van der Waals surface area contributed by atoms with Gasteiger partial charge in [-0.1, -0.05) is 0 Å². The highest BCUT2D eigenvalue weighted by Gasteiger charge is 2.50. The molecule has 122 valence electrons. The molecule has 0 amide bonds. The van der Waals surface area contributed by atoms with Crippen LogP contribution in [0.1, 0.15) is 27.2 Å². The highest BCUT2D eigenvalue weighted by molar-refractivity contribution is 6.60. The molecule has 0 unspecified atom stereocenters. The minimum absolute atomic E-state index is 0.370. The summed E-state index contributed by atoms with van der Waals surface area (Å²) in [6.45, 7) is 7.13. The fourth-order valence-corrected chi connectivity index (χ4v) is 3.71. The van der Waals surface area contributed by atoms with Crippen molar-refractivity contribution in [2.45, 2.75) is 39.4 Å². The molecule has 7 nitrogen and oxygen atoms in total. The average Bonchev–Trinajstić information content (AvgIpc) is 2.44. The topological polar surface area (TPSA) is 81.4 Å². The minimum atomic E-state index is -2.97. The molecule has 0 rings (SSSR count). The van der Waals surface area contributed by atoms with Crippen LogP contribution >= 0.6 is 0 Å². The Morgan fingerprint density at radius 3 is 1.65 bits per heavy atom. The van der Waals surface area contributed by atoms with Crippen molar-refractivity contribution in [1.82, 2.24) is 0 Å². The van der Waals surface area contributed by atoms with Gasteiger partial charge in [-0.15, -0.1) is 0 Å². The molecule has 0 atom stereocenters. The van der Waals surface area contributed by atoms with E-state index in [9.17, 15) is 0 Å². The van der Waals surface area contributed by atoms with Crippen molar-refractivity contribution in [2.75, 3.05) is 40.6 Å². The van der Waals surface area contributed by atoms with Crippen LogP contribution in [-0.4, -0.2) is 55.5 Å². The largest absolute Gasteiger partial charge is 0.506 e. The monoisotopic (exact) mass is 311 g/mol. The van der Waals surface area contributed by atoms with Gasteiger partial charge in [0.25, 0.3) is 0 Å². The number of hydrogen-bond acceptors (Lipinski definition) is 7. The highest BCUT2D eigenvalue weighted by Crippen LogP contribution is 2.27. The minimum Gasteiger partial charge on any atom is -0.377 e. The summed E-state index contributed by atoms with van der Waals surface area (Å²) >= 11 is 0. The molecule has 8 heteroatoms. The Hall–Kier alpha value is -0.0631. The molecule has 0 saturated carbocycles. The highest BCUT2D eigenvalue weighted by atomic mass is 28.4. The van der Waals surface area contributed by atoms with Crippen LogP contribution in [-0.2, 0) is 27.5 Å². The quantitative estimate of drug-likeness (QED) is 0.405. The Morgan fingerprint density at radius 2 is 1.35 bits per heavy atom. The van der Waals surface area contributed by atoms with Crippen LogP contribution in [0, 0.1) is 0 Å². The second-order valence-electron chi connectivity index (χ2n) is 3.88. The van der Waals surface area contributed by atoms with Crippen LogP contribution in [0.5, 0.6) is 0 Å². The summed E-state index contributed by atoms with van der Waals surface area (Å²) in [5.41, 5.74) is 5.55. The second kappa shape index (κ2) is 10.6. The summed E-state index contributed by atoms with van der Waals surface area (Å²) < 4.78 is 33.5. The average molecular weight is 311 g/mol. The molecule has 0 saturated heterocycles. The van der Waals surface area contributed by atoms with Crippen molar-refractivity contribution < 1.29 is 27.5 Å². The number of ether oxygens (including phenoxy) is 3. The van der Waals surface area contributed by atoms with Crippen molar-refractivity contribution in [3.8, 4) is 0 Å². The van der Waals surface area contributed by atoms with E-state index in [-0.39, 0.29) is 0 Å². The molecule has 0 spiro atoms. The molecule has 20 heavy (non-hydrogen) atoms. The Bertz CT molecular complexity index is 223. The molecule has 0 aliphatic rings. The SMILES string of the molecule is CCOC(OCC)(OCC)O[Si](CCCN)(OC)OC. The van der Waals surface area contributed by atoms with Gasteiger partial charge in [0.05, 0.1) is 19.8 Å². The lowest BCUT2D eigenvalue weighted by atomic mass is 10.5. The Balaban J connectivity index is 5.11. The van der Waals surface area contributed by atoms with Gasteiger partial charge in [0.15, 0.2) is 0 Å². The summed E-state index contributed by atoms with van der Waals surface area (Å²) in [4.78, 5) is 0. The molecule has 0 bridgehead atoms. The van der Waals surface area contributed by atoms with E-state index in [1.165, 1.54) is 0 Å². The summed E-state index contributed by atoms with van der Waals surface area (Å²) in [6, 6.07) is 0.561. The smallest absolute Gasteiger partial charge is 0.377 e. The normalized spacial score (nSPS) is 12.9. The van der Waals surface area contributed by atoms with Crippen LogP contribution in [0.15, 0.2) is 0 Å². The van der Waals surface area contributed by atoms with Gasteiger partial charge in [-0.2, -0.15) is 0 Å². The summed E-state index contributed by atoms with van der Waals surface area (Å²) in [6.07, 6.45) is -0.876. The van der Waals surface area contributed by atoms with Crippen molar-refractivity contribution in [3.63, 3.8) is 0 Å². The van der Waals surface area contributed by atoms with Gasteiger partial charge in [-0.05, 0) is 33.7 Å². The molecule has 0 radical (unpaired) electrons. The van der Waals surface area contributed by atoms with E-state index in [4.69, 9.17) is 33.2 Å². The van der Waals surface area contributed by atoms with E-state index < -0.39 is 15.0 Å². The third kappa shape index (κ3) is 6.14. The van der Waals surface area contributed by atoms with Gasteiger partial charge in [0.1, 0.15) is 0 Å². The number of rotatable bonds is 13. The lowest BCUT2D eigenvalue weighted by Gasteiger charge is -2.37. The van der Waals surface area contributed by atoms with Gasteiger partial charge < -0.3 is 28.8 Å². The molecular weight excluding hydrogens is 282 g/mol. The van der Waals surface area contributed by atoms with Crippen LogP contribution in [0.4, 0.5) is 0 Å². The first kappa shape index (κ1) is 19.9. The fourth-order valence-electron chi connectivity index (χ4n) is 1.67. The molecule has 0 aromatic rings. The maximum Gasteiger partial charge on any atom is 0.506 e. The zero-order valence-electron chi connectivity index (χ0n) is 13.3. The maximum absolute atomic E-state index is 5.92. The lowest BCUT2D eigenvalue weighted by Crippen LogP contribution is -2.56. The Morgan fingerprint density at radius 1 is 0.900 bits per heavy atom. The molecule has 0 heterocycles. The van der Waals surface area contributed by atoms with E-state index >= 15 is 0 Å². The van der Waals surface area contributed by atoms with E-state index in [2.05, 4.69) is 0 Å². The Labute approximate surface area is 123 Å². The molecule has 2 N–H and O–H groups in total. The zero-order valence-corrected chi connectivity index (χ0v) is 14.3. The van der Waals surface area contributed by atoms with Gasteiger partial charge in [0, 0.05) is 20.3 Å². The summed E-state index contributed by atoms with van der Waals surface area (Å²) in [7, 11) is 0.118. The third-order valence-electron chi connectivity index (χ3n) is 2.55. The van der Waals surface area contributed by atoms with Gasteiger partial charge in [-0.25, -0.2) is 0 Å². The molecule has 0 aromatic carbocycles. The van der Waals surface area contributed by atoms with E-state index in [0.717, 1.165) is 0 Å². The fraction of sp³-hybridized carbons (Fsp3) is 1.00. The maximum atomic E-state index is 5.92. The predicted molar refractivity (Wildman–Crippen MR) is 76.9 cm³/mol. The van der Waals surface area contributed by atoms with Crippen molar-refractivity contribution in [2.24, 2.45) is 5.73 Å². The van der Waals surface area contributed by atoms with Crippen molar-refractivity contribution in [1.29, 1.82) is 0 Å². The Kier molecular flexibility index (Phi) is 10.6. The lowest BCUT2D eigenvalue weighted by molar-refractivity contribution is -0.478. The first-order chi connectivity index (χ1) is 9.57. The molecule has 0 aliphatic heterocycles. The first-order valence-electron chi connectivity index (χ1n) is 6.99. The molecule has 0 fully saturated rings. The second-order valence-corrected chi connectivity index (χ2v) is 6.77.